The molecule has 0 unspecified atom stereocenters. The molecule has 0 spiro atoms. The first-order valence-corrected chi connectivity index (χ1v) is 9.39. The highest BCUT2D eigenvalue weighted by molar-refractivity contribution is 7.43. The Labute approximate surface area is 124 Å². The van der Waals surface area contributed by atoms with Gasteiger partial charge >= 0.3 is 0 Å². The summed E-state index contributed by atoms with van der Waals surface area (Å²) in [6.45, 7) is 14.6. The van der Waals surface area contributed by atoms with Crippen LogP contribution in [-0.2, 0) is 4.57 Å². The van der Waals surface area contributed by atoms with Crippen molar-refractivity contribution in [3.63, 3.8) is 0 Å². The van der Waals surface area contributed by atoms with Crippen molar-refractivity contribution in [1.82, 2.24) is 0 Å². The largest absolute Gasteiger partial charge is 0.756 e. The molecule has 0 amide bonds. The van der Waals surface area contributed by atoms with E-state index >= 15 is 0 Å². The highest BCUT2D eigenvalue weighted by Crippen LogP contribution is 2.19. The van der Waals surface area contributed by atoms with Crippen LogP contribution < -0.4 is 4.89 Å². The third-order valence-corrected chi connectivity index (χ3v) is 4.00. The SMILES string of the molecule is CCCCCCCC[N+](CC)(CC)CC.O=P([O-])(O)O. The molecular formula is C14H34NO4P. The van der Waals surface area contributed by atoms with Gasteiger partial charge in [0.05, 0.1) is 26.2 Å². The van der Waals surface area contributed by atoms with Crippen LogP contribution in [0.25, 0.3) is 0 Å². The topological polar surface area (TPSA) is 80.6 Å². The minimum absolute atomic E-state index is 1.31. The van der Waals surface area contributed by atoms with E-state index in [4.69, 9.17) is 19.2 Å². The summed E-state index contributed by atoms with van der Waals surface area (Å²) in [7, 11) is -4.89. The van der Waals surface area contributed by atoms with Crippen LogP contribution >= 0.6 is 7.82 Å². The zero-order chi connectivity index (χ0) is 16.1. The summed E-state index contributed by atoms with van der Waals surface area (Å²) in [5.74, 6) is 0. The third kappa shape index (κ3) is 16.1. The predicted molar refractivity (Wildman–Crippen MR) is 82.2 cm³/mol. The lowest BCUT2D eigenvalue weighted by Crippen LogP contribution is -2.48. The maximum Gasteiger partial charge on any atom is 0.262 e. The number of rotatable bonds is 10. The van der Waals surface area contributed by atoms with Crippen LogP contribution in [0.1, 0.15) is 66.2 Å². The summed E-state index contributed by atoms with van der Waals surface area (Å²) in [5.41, 5.74) is 0. The molecular weight excluding hydrogens is 277 g/mol. The molecule has 0 aliphatic rings. The molecule has 5 nitrogen and oxygen atoms in total. The van der Waals surface area contributed by atoms with Crippen molar-refractivity contribution in [2.24, 2.45) is 0 Å². The molecule has 0 aromatic rings. The van der Waals surface area contributed by atoms with Crippen LogP contribution in [-0.4, -0.2) is 40.4 Å². The Bertz CT molecular complexity index is 235. The second-order valence-electron chi connectivity index (χ2n) is 5.27. The van der Waals surface area contributed by atoms with E-state index in [0.717, 1.165) is 0 Å². The quantitative estimate of drug-likeness (QED) is 0.369. The van der Waals surface area contributed by atoms with Gasteiger partial charge in [0.15, 0.2) is 0 Å². The second-order valence-corrected chi connectivity index (χ2v) is 6.25. The molecule has 124 valence electrons. The highest BCUT2D eigenvalue weighted by Gasteiger charge is 2.19. The maximum atomic E-state index is 8.77. The van der Waals surface area contributed by atoms with E-state index in [9.17, 15) is 0 Å². The Morgan fingerprint density at radius 2 is 1.20 bits per heavy atom. The highest BCUT2D eigenvalue weighted by atomic mass is 31.2. The average molecular weight is 311 g/mol. The Morgan fingerprint density at radius 3 is 1.55 bits per heavy atom. The fraction of sp³-hybridized carbons (Fsp3) is 1.00. The molecule has 0 aliphatic carbocycles. The first-order valence-electron chi connectivity index (χ1n) is 7.86. The molecule has 0 heterocycles. The van der Waals surface area contributed by atoms with E-state index in [1.165, 1.54) is 69.2 Å². The Hall–Kier alpha value is 0.0700. The van der Waals surface area contributed by atoms with Crippen molar-refractivity contribution in [2.45, 2.75) is 66.2 Å². The summed E-state index contributed by atoms with van der Waals surface area (Å²) in [4.78, 5) is 22.9. The molecule has 0 saturated heterocycles. The molecule has 6 heteroatoms. The summed E-state index contributed by atoms with van der Waals surface area (Å²) >= 11 is 0. The zero-order valence-corrected chi connectivity index (χ0v) is 14.6. The monoisotopic (exact) mass is 311 g/mol. The van der Waals surface area contributed by atoms with E-state index in [1.807, 2.05) is 0 Å². The molecule has 0 rings (SSSR count). The van der Waals surface area contributed by atoms with Crippen molar-refractivity contribution in [3.8, 4) is 0 Å². The Kier molecular flexibility index (Phi) is 14.3. The zero-order valence-electron chi connectivity index (χ0n) is 13.7. The number of phosphoric acid groups is 1. The molecule has 20 heavy (non-hydrogen) atoms. The van der Waals surface area contributed by atoms with Crippen LogP contribution in [0.3, 0.4) is 0 Å². The van der Waals surface area contributed by atoms with Crippen LogP contribution in [0, 0.1) is 0 Å². The molecule has 0 bridgehead atoms. The van der Waals surface area contributed by atoms with Gasteiger partial charge in [0.1, 0.15) is 0 Å². The van der Waals surface area contributed by atoms with E-state index in [1.54, 1.807) is 0 Å². The third-order valence-electron chi connectivity index (χ3n) is 4.00. The van der Waals surface area contributed by atoms with Gasteiger partial charge in [-0.25, -0.2) is 0 Å². The van der Waals surface area contributed by atoms with Crippen molar-refractivity contribution in [1.29, 1.82) is 0 Å². The summed E-state index contributed by atoms with van der Waals surface area (Å²) in [6, 6.07) is 0. The van der Waals surface area contributed by atoms with Gasteiger partial charge in [-0.2, -0.15) is 0 Å². The second kappa shape index (κ2) is 12.8. The van der Waals surface area contributed by atoms with Crippen molar-refractivity contribution in [3.05, 3.63) is 0 Å². The summed E-state index contributed by atoms with van der Waals surface area (Å²) in [5, 5.41) is 0. The fourth-order valence-electron chi connectivity index (χ4n) is 2.37. The fourth-order valence-corrected chi connectivity index (χ4v) is 2.37. The van der Waals surface area contributed by atoms with Crippen LogP contribution in [0.4, 0.5) is 0 Å². The lowest BCUT2D eigenvalue weighted by atomic mass is 10.1. The molecule has 0 atom stereocenters. The van der Waals surface area contributed by atoms with E-state index in [-0.39, 0.29) is 0 Å². The maximum absolute atomic E-state index is 8.77. The molecule has 2 N–H and O–H groups in total. The Balaban J connectivity index is 0. The van der Waals surface area contributed by atoms with Gasteiger partial charge in [-0.15, -0.1) is 0 Å². The van der Waals surface area contributed by atoms with Gasteiger partial charge in [-0.3, -0.25) is 4.57 Å². The smallest absolute Gasteiger partial charge is 0.262 e. The molecule has 0 radical (unpaired) electrons. The number of hydrogen-bond donors (Lipinski definition) is 2. The molecule has 0 aliphatic heterocycles. The number of unbranched alkanes of at least 4 members (excludes halogenated alkanes) is 5. The minimum atomic E-state index is -4.89. The number of hydrogen-bond acceptors (Lipinski definition) is 2. The van der Waals surface area contributed by atoms with E-state index < -0.39 is 7.82 Å². The average Bonchev–Trinajstić information content (AvgIpc) is 2.37. The first kappa shape index (κ1) is 22.4. The molecule has 0 aromatic carbocycles. The normalized spacial score (nSPS) is 11.9. The van der Waals surface area contributed by atoms with Gasteiger partial charge in [-0.1, -0.05) is 32.6 Å². The van der Waals surface area contributed by atoms with Gasteiger partial charge in [0, 0.05) is 0 Å². The lowest BCUT2D eigenvalue weighted by Gasteiger charge is -2.35. The van der Waals surface area contributed by atoms with E-state index in [2.05, 4.69) is 27.7 Å². The number of nitrogens with zero attached hydrogens (tertiary/aromatic N) is 1. The van der Waals surface area contributed by atoms with Crippen LogP contribution in [0.15, 0.2) is 0 Å². The van der Waals surface area contributed by atoms with Crippen LogP contribution in [0.2, 0.25) is 0 Å². The van der Waals surface area contributed by atoms with Gasteiger partial charge in [0.2, 0.25) is 0 Å². The Morgan fingerprint density at radius 1 is 0.850 bits per heavy atom. The van der Waals surface area contributed by atoms with Crippen molar-refractivity contribution < 1.29 is 23.7 Å². The van der Waals surface area contributed by atoms with Gasteiger partial charge in [0.25, 0.3) is 7.82 Å². The molecule has 0 saturated carbocycles. The molecule has 0 aromatic heterocycles. The predicted octanol–water partition coefficient (Wildman–Crippen LogP) is 2.66. The molecule has 0 fully saturated rings. The first-order chi connectivity index (χ1) is 9.24. The van der Waals surface area contributed by atoms with Crippen LogP contribution in [0.5, 0.6) is 0 Å². The van der Waals surface area contributed by atoms with Crippen molar-refractivity contribution in [2.75, 3.05) is 26.2 Å². The van der Waals surface area contributed by atoms with E-state index in [0.29, 0.717) is 0 Å². The van der Waals surface area contributed by atoms with Gasteiger partial charge < -0.3 is 19.2 Å². The minimum Gasteiger partial charge on any atom is -0.756 e. The van der Waals surface area contributed by atoms with Gasteiger partial charge in [-0.05, 0) is 33.6 Å². The lowest BCUT2D eigenvalue weighted by molar-refractivity contribution is -0.923. The summed E-state index contributed by atoms with van der Waals surface area (Å²) < 4.78 is 10.1. The number of quaternary nitrogens is 1. The van der Waals surface area contributed by atoms with Crippen molar-refractivity contribution >= 4 is 7.82 Å². The standard InChI is InChI=1S/C14H32N.H3O4P/c1-5-9-10-11-12-13-14-15(6-2,7-3)8-4;1-5(2,3)4/h5-14H2,1-4H3;(H3,1,2,3,4)/q+1;/p-1. The summed E-state index contributed by atoms with van der Waals surface area (Å²) in [6.07, 6.45) is 8.55.